The fourth-order valence-electron chi connectivity index (χ4n) is 3.16. The molecule has 0 saturated heterocycles. The summed E-state index contributed by atoms with van der Waals surface area (Å²) >= 11 is 0. The van der Waals surface area contributed by atoms with Gasteiger partial charge in [-0.1, -0.05) is 20.8 Å². The van der Waals surface area contributed by atoms with Crippen LogP contribution in [-0.2, 0) is 9.22 Å². The van der Waals surface area contributed by atoms with Gasteiger partial charge in [-0.25, -0.2) is 0 Å². The van der Waals surface area contributed by atoms with Crippen LogP contribution in [0.5, 0.6) is 0 Å². The van der Waals surface area contributed by atoms with E-state index in [-0.39, 0.29) is 28.8 Å². The summed E-state index contributed by atoms with van der Waals surface area (Å²) in [5.74, 6) is 0.155. The summed E-state index contributed by atoms with van der Waals surface area (Å²) in [7, 11) is -1.91. The first-order valence-corrected chi connectivity index (χ1v) is 10.5. The molecule has 0 aromatic carbocycles. The van der Waals surface area contributed by atoms with Gasteiger partial charge in [0.15, 0.2) is 8.32 Å². The Hall–Kier alpha value is -0.233. The van der Waals surface area contributed by atoms with Crippen LogP contribution in [0.1, 0.15) is 40.0 Å². The van der Waals surface area contributed by atoms with Gasteiger partial charge in [0.25, 0.3) is 0 Å². The number of carbonyl (C=O) groups is 1. The molecule has 2 saturated carbocycles. The van der Waals surface area contributed by atoms with Crippen LogP contribution in [0, 0.1) is 11.8 Å². The summed E-state index contributed by atoms with van der Waals surface area (Å²) in [4.78, 5) is 12.1. The highest BCUT2D eigenvalue weighted by Crippen LogP contribution is 2.45. The summed E-state index contributed by atoms with van der Waals surface area (Å²) in [6.45, 7) is 10.9. The summed E-state index contributed by atoms with van der Waals surface area (Å²) < 4.78 is 6.41. The second-order valence-corrected chi connectivity index (χ2v) is 12.7. The maximum Gasteiger partial charge on any atom is 0.192 e. The van der Waals surface area contributed by atoms with Crippen molar-refractivity contribution >= 4 is 14.1 Å². The third kappa shape index (κ3) is 2.86. The molecule has 4 nitrogen and oxygen atoms in total. The van der Waals surface area contributed by atoms with Gasteiger partial charge >= 0.3 is 0 Å². The molecule has 2 aliphatic carbocycles. The van der Waals surface area contributed by atoms with E-state index in [4.69, 9.17) is 4.43 Å². The summed E-state index contributed by atoms with van der Waals surface area (Å²) in [6, 6.07) is 0. The minimum atomic E-state index is -1.91. The highest BCUT2D eigenvalue weighted by atomic mass is 28.4. The van der Waals surface area contributed by atoms with Crippen LogP contribution in [0.2, 0.25) is 18.1 Å². The van der Waals surface area contributed by atoms with E-state index in [1.165, 1.54) is 0 Å². The van der Waals surface area contributed by atoms with Crippen molar-refractivity contribution in [1.29, 1.82) is 0 Å². The second-order valence-electron chi connectivity index (χ2n) is 7.96. The Labute approximate surface area is 122 Å². The van der Waals surface area contributed by atoms with Gasteiger partial charge in [0.05, 0.1) is 18.3 Å². The molecule has 0 aromatic heterocycles. The number of hydrogen-bond donors (Lipinski definition) is 2. The van der Waals surface area contributed by atoms with Gasteiger partial charge in [0.2, 0.25) is 0 Å². The molecule has 0 amide bonds. The van der Waals surface area contributed by atoms with Crippen molar-refractivity contribution in [2.24, 2.45) is 11.8 Å². The molecule has 20 heavy (non-hydrogen) atoms. The van der Waals surface area contributed by atoms with Gasteiger partial charge in [0, 0.05) is 12.3 Å². The Bertz CT molecular complexity index is 388. The normalized spacial score (nSPS) is 39.0. The molecule has 0 spiro atoms. The van der Waals surface area contributed by atoms with Crippen LogP contribution in [0.4, 0.5) is 0 Å². The van der Waals surface area contributed by atoms with E-state index in [9.17, 15) is 15.0 Å². The quantitative estimate of drug-likeness (QED) is 0.766. The van der Waals surface area contributed by atoms with Crippen molar-refractivity contribution in [2.45, 2.75) is 76.5 Å². The van der Waals surface area contributed by atoms with Gasteiger partial charge in [0.1, 0.15) is 5.78 Å². The van der Waals surface area contributed by atoms with Gasteiger partial charge in [-0.3, -0.25) is 4.79 Å². The van der Waals surface area contributed by atoms with Crippen LogP contribution >= 0.6 is 0 Å². The van der Waals surface area contributed by atoms with E-state index in [0.717, 1.165) is 0 Å². The summed E-state index contributed by atoms with van der Waals surface area (Å²) in [5, 5.41) is 19.7. The van der Waals surface area contributed by atoms with E-state index in [1.807, 2.05) is 0 Å². The van der Waals surface area contributed by atoms with Crippen molar-refractivity contribution in [1.82, 2.24) is 0 Å². The summed E-state index contributed by atoms with van der Waals surface area (Å²) in [5.41, 5.74) is 0. The van der Waals surface area contributed by atoms with E-state index < -0.39 is 20.5 Å². The zero-order chi connectivity index (χ0) is 15.3. The largest absolute Gasteiger partial charge is 0.413 e. The van der Waals surface area contributed by atoms with Crippen molar-refractivity contribution in [2.75, 3.05) is 0 Å². The van der Waals surface area contributed by atoms with E-state index >= 15 is 0 Å². The predicted molar refractivity (Wildman–Crippen MR) is 79.9 cm³/mol. The Balaban J connectivity index is 2.13. The molecule has 0 radical (unpaired) electrons. The minimum absolute atomic E-state index is 0.0736. The second kappa shape index (κ2) is 5.20. The van der Waals surface area contributed by atoms with Crippen LogP contribution in [0.25, 0.3) is 0 Å². The van der Waals surface area contributed by atoms with Gasteiger partial charge < -0.3 is 14.6 Å². The fourth-order valence-corrected chi connectivity index (χ4v) is 4.53. The molecule has 5 heteroatoms. The molecule has 0 aromatic rings. The van der Waals surface area contributed by atoms with Crippen LogP contribution in [0.3, 0.4) is 0 Å². The highest BCUT2D eigenvalue weighted by Gasteiger charge is 2.51. The standard InChI is InChI=1S/C15H28O4Si/c1-15(2,3)20(4,5)19-14-8-11(16)9-6-12(17)13(18)7-10(9)14/h9-10,12-14,17-18H,6-8H2,1-5H3/t9-,10+,12+,13-,14-/m0/s1. The first kappa shape index (κ1) is 16.1. The molecule has 2 rings (SSSR count). The number of fused-ring (bicyclic) bond motifs is 1. The van der Waals surface area contributed by atoms with Gasteiger partial charge in [-0.05, 0) is 36.9 Å². The molecule has 0 bridgehead atoms. The van der Waals surface area contributed by atoms with Crippen LogP contribution < -0.4 is 0 Å². The lowest BCUT2D eigenvalue weighted by Crippen LogP contribution is -2.47. The molecule has 2 fully saturated rings. The Kier molecular flexibility index (Phi) is 4.19. The summed E-state index contributed by atoms with van der Waals surface area (Å²) in [6.07, 6.45) is -0.227. The Morgan fingerprint density at radius 1 is 1.15 bits per heavy atom. The number of ketones is 1. The van der Waals surface area contributed by atoms with Crippen LogP contribution in [-0.4, -0.2) is 42.6 Å². The molecule has 0 aliphatic heterocycles. The van der Waals surface area contributed by atoms with Crippen LogP contribution in [0.15, 0.2) is 0 Å². The number of rotatable bonds is 2. The molecule has 2 N–H and O–H groups in total. The molecule has 116 valence electrons. The topological polar surface area (TPSA) is 66.8 Å². The zero-order valence-electron chi connectivity index (χ0n) is 13.2. The Morgan fingerprint density at radius 2 is 1.70 bits per heavy atom. The SMILES string of the molecule is CC(C)(C)[Si](C)(C)O[C@H]1CC(=O)[C@H]2C[C@@H](O)[C@@H](O)C[C@@H]12. The molecule has 5 atom stereocenters. The van der Waals surface area contributed by atoms with Crippen molar-refractivity contribution in [3.63, 3.8) is 0 Å². The number of hydrogen-bond acceptors (Lipinski definition) is 4. The first-order valence-electron chi connectivity index (χ1n) is 7.59. The van der Waals surface area contributed by atoms with Crippen molar-refractivity contribution < 1.29 is 19.4 Å². The lowest BCUT2D eigenvalue weighted by molar-refractivity contribution is -0.125. The predicted octanol–water partition coefficient (Wildman–Crippen LogP) is 2.10. The smallest absolute Gasteiger partial charge is 0.192 e. The molecule has 0 unspecified atom stereocenters. The van der Waals surface area contributed by atoms with Crippen molar-refractivity contribution in [3.05, 3.63) is 0 Å². The minimum Gasteiger partial charge on any atom is -0.413 e. The van der Waals surface area contributed by atoms with Crippen molar-refractivity contribution in [3.8, 4) is 0 Å². The van der Waals surface area contributed by atoms with Gasteiger partial charge in [-0.15, -0.1) is 0 Å². The average Bonchev–Trinajstić information content (AvgIpc) is 2.55. The number of carbonyl (C=O) groups excluding carboxylic acids is 1. The highest BCUT2D eigenvalue weighted by molar-refractivity contribution is 6.74. The number of Topliss-reactive ketones (excluding diaryl/α,β-unsaturated/α-hetero) is 1. The third-order valence-electron chi connectivity index (χ3n) is 5.52. The van der Waals surface area contributed by atoms with E-state index in [1.54, 1.807) is 0 Å². The number of aliphatic hydroxyl groups is 2. The average molecular weight is 300 g/mol. The maximum absolute atomic E-state index is 12.1. The molecule has 2 aliphatic rings. The molecular weight excluding hydrogens is 272 g/mol. The molecule has 0 heterocycles. The fraction of sp³-hybridized carbons (Fsp3) is 0.933. The molecular formula is C15H28O4Si. The van der Waals surface area contributed by atoms with Gasteiger partial charge in [-0.2, -0.15) is 0 Å². The lowest BCUT2D eigenvalue weighted by Gasteiger charge is -2.41. The monoisotopic (exact) mass is 300 g/mol. The Morgan fingerprint density at radius 3 is 2.25 bits per heavy atom. The third-order valence-corrected chi connectivity index (χ3v) is 10.0. The number of aliphatic hydroxyl groups excluding tert-OH is 2. The van der Waals surface area contributed by atoms with E-state index in [2.05, 4.69) is 33.9 Å². The van der Waals surface area contributed by atoms with E-state index in [0.29, 0.717) is 19.3 Å². The lowest BCUT2D eigenvalue weighted by atomic mass is 9.77. The zero-order valence-corrected chi connectivity index (χ0v) is 14.2. The first-order chi connectivity index (χ1) is 9.03. The maximum atomic E-state index is 12.1.